The summed E-state index contributed by atoms with van der Waals surface area (Å²) >= 11 is 1.10. The SMILES string of the molecule is Cc1cc(C)nc(SC2CC(=O)N(c3ccc(F)c(F)c3)C2=O)n1. The molecule has 3 rings (SSSR count). The van der Waals surface area contributed by atoms with Gasteiger partial charge < -0.3 is 0 Å². The van der Waals surface area contributed by atoms with E-state index in [-0.39, 0.29) is 12.1 Å². The van der Waals surface area contributed by atoms with E-state index >= 15 is 0 Å². The molecule has 1 aromatic heterocycles. The lowest BCUT2D eigenvalue weighted by Gasteiger charge is -2.15. The van der Waals surface area contributed by atoms with E-state index in [2.05, 4.69) is 9.97 Å². The fourth-order valence-corrected chi connectivity index (χ4v) is 3.55. The van der Waals surface area contributed by atoms with Gasteiger partial charge in [0.15, 0.2) is 16.8 Å². The maximum atomic E-state index is 13.4. The van der Waals surface area contributed by atoms with E-state index in [0.29, 0.717) is 5.16 Å². The Bertz CT molecular complexity index is 824. The standard InChI is InChI=1S/C16H13F2N3O2S/c1-8-5-9(2)20-16(19-8)24-13-7-14(22)21(15(13)23)10-3-4-11(17)12(18)6-10/h3-6,13H,7H2,1-2H3. The average Bonchev–Trinajstić information content (AvgIpc) is 2.75. The van der Waals surface area contributed by atoms with Crippen LogP contribution in [0.15, 0.2) is 29.4 Å². The minimum absolute atomic E-state index is 0.0216. The van der Waals surface area contributed by atoms with Crippen LogP contribution < -0.4 is 4.90 Å². The minimum Gasteiger partial charge on any atom is -0.274 e. The highest BCUT2D eigenvalue weighted by Gasteiger charge is 2.41. The van der Waals surface area contributed by atoms with E-state index in [1.165, 1.54) is 6.07 Å². The van der Waals surface area contributed by atoms with Crippen molar-refractivity contribution in [2.45, 2.75) is 30.7 Å². The van der Waals surface area contributed by atoms with Crippen LogP contribution in [0.4, 0.5) is 14.5 Å². The summed E-state index contributed by atoms with van der Waals surface area (Å²) in [6, 6.07) is 4.73. The number of nitrogens with zero attached hydrogens (tertiary/aromatic N) is 3. The first-order chi connectivity index (χ1) is 11.3. The van der Waals surface area contributed by atoms with E-state index in [1.807, 2.05) is 13.8 Å². The summed E-state index contributed by atoms with van der Waals surface area (Å²) in [4.78, 5) is 34.0. The number of halogens is 2. The predicted octanol–water partition coefficient (Wildman–Crippen LogP) is 2.80. The van der Waals surface area contributed by atoms with Crippen molar-refractivity contribution in [1.29, 1.82) is 0 Å². The molecule has 1 atom stereocenters. The zero-order valence-electron chi connectivity index (χ0n) is 12.9. The Morgan fingerprint density at radius 1 is 1.08 bits per heavy atom. The lowest BCUT2D eigenvalue weighted by molar-refractivity contribution is -0.121. The molecule has 2 aromatic rings. The van der Waals surface area contributed by atoms with Crippen molar-refractivity contribution in [3.05, 3.63) is 47.3 Å². The second kappa shape index (κ2) is 6.27. The zero-order chi connectivity index (χ0) is 17.4. The van der Waals surface area contributed by atoms with Crippen molar-refractivity contribution in [2.75, 3.05) is 4.90 Å². The first kappa shape index (κ1) is 16.5. The minimum atomic E-state index is -1.11. The fraction of sp³-hybridized carbons (Fsp3) is 0.250. The highest BCUT2D eigenvalue weighted by Crippen LogP contribution is 2.33. The number of anilines is 1. The molecule has 1 saturated heterocycles. The van der Waals surface area contributed by atoms with E-state index in [9.17, 15) is 18.4 Å². The third-order valence-corrected chi connectivity index (χ3v) is 4.52. The predicted molar refractivity (Wildman–Crippen MR) is 84.6 cm³/mol. The van der Waals surface area contributed by atoms with Gasteiger partial charge in [-0.2, -0.15) is 0 Å². The van der Waals surface area contributed by atoms with Crippen molar-refractivity contribution in [3.63, 3.8) is 0 Å². The largest absolute Gasteiger partial charge is 0.274 e. The molecule has 0 N–H and O–H groups in total. The number of carbonyl (C=O) groups is 2. The lowest BCUT2D eigenvalue weighted by Crippen LogP contribution is -2.31. The van der Waals surface area contributed by atoms with Crippen LogP contribution in [-0.4, -0.2) is 27.0 Å². The monoisotopic (exact) mass is 349 g/mol. The number of hydrogen-bond donors (Lipinski definition) is 0. The molecule has 1 aliphatic heterocycles. The molecule has 0 aliphatic carbocycles. The third kappa shape index (κ3) is 3.14. The van der Waals surface area contributed by atoms with Crippen LogP contribution in [0.25, 0.3) is 0 Å². The Labute approximate surface area is 141 Å². The number of carbonyl (C=O) groups excluding carboxylic acids is 2. The molecule has 8 heteroatoms. The highest BCUT2D eigenvalue weighted by atomic mass is 32.2. The number of benzene rings is 1. The first-order valence-electron chi connectivity index (χ1n) is 7.16. The van der Waals surface area contributed by atoms with Gasteiger partial charge >= 0.3 is 0 Å². The molecule has 5 nitrogen and oxygen atoms in total. The summed E-state index contributed by atoms with van der Waals surface area (Å²) in [7, 11) is 0. The molecule has 1 unspecified atom stereocenters. The van der Waals surface area contributed by atoms with Crippen LogP contribution in [0.3, 0.4) is 0 Å². The number of hydrogen-bond acceptors (Lipinski definition) is 5. The molecule has 0 bridgehead atoms. The molecule has 0 spiro atoms. The Balaban J connectivity index is 1.84. The van der Waals surface area contributed by atoms with Gasteiger partial charge in [-0.3, -0.25) is 9.59 Å². The van der Waals surface area contributed by atoms with Gasteiger partial charge in [-0.1, -0.05) is 11.8 Å². The van der Waals surface area contributed by atoms with E-state index < -0.39 is 28.7 Å². The summed E-state index contributed by atoms with van der Waals surface area (Å²) in [5, 5.41) is -0.280. The van der Waals surface area contributed by atoms with Gasteiger partial charge in [-0.05, 0) is 32.0 Å². The quantitative estimate of drug-likeness (QED) is 0.630. The van der Waals surface area contributed by atoms with Crippen LogP contribution >= 0.6 is 11.8 Å². The molecule has 24 heavy (non-hydrogen) atoms. The number of aryl methyl sites for hydroxylation is 2. The molecule has 1 fully saturated rings. The third-order valence-electron chi connectivity index (χ3n) is 3.48. The van der Waals surface area contributed by atoms with Crippen molar-refractivity contribution in [2.24, 2.45) is 0 Å². The molecular formula is C16H13F2N3O2S. The van der Waals surface area contributed by atoms with Gasteiger partial charge in [0.25, 0.3) is 0 Å². The summed E-state index contributed by atoms with van der Waals surface area (Å²) in [6.07, 6.45) is -0.0428. The van der Waals surface area contributed by atoms with Crippen LogP contribution in [0.1, 0.15) is 17.8 Å². The van der Waals surface area contributed by atoms with Crippen molar-refractivity contribution < 1.29 is 18.4 Å². The molecule has 1 aliphatic rings. The topological polar surface area (TPSA) is 63.2 Å². The van der Waals surface area contributed by atoms with Crippen molar-refractivity contribution in [1.82, 2.24) is 9.97 Å². The van der Waals surface area contributed by atoms with Gasteiger partial charge in [-0.25, -0.2) is 23.6 Å². The Morgan fingerprint density at radius 2 is 1.75 bits per heavy atom. The molecule has 0 saturated carbocycles. The molecule has 2 amide bonds. The lowest BCUT2D eigenvalue weighted by atomic mass is 10.3. The molecule has 124 valence electrons. The molecular weight excluding hydrogens is 336 g/mol. The molecule has 2 heterocycles. The van der Waals surface area contributed by atoms with Gasteiger partial charge in [0.1, 0.15) is 5.25 Å². The Hall–Kier alpha value is -2.35. The molecule has 1 aromatic carbocycles. The number of rotatable bonds is 3. The summed E-state index contributed by atoms with van der Waals surface area (Å²) in [5.74, 6) is -3.10. The number of amides is 2. The maximum Gasteiger partial charge on any atom is 0.247 e. The smallest absolute Gasteiger partial charge is 0.247 e. The maximum absolute atomic E-state index is 13.4. The zero-order valence-corrected chi connectivity index (χ0v) is 13.7. The normalized spacial score (nSPS) is 17.7. The summed E-state index contributed by atoms with van der Waals surface area (Å²) < 4.78 is 26.4. The highest BCUT2D eigenvalue weighted by molar-refractivity contribution is 8.00. The van der Waals surface area contributed by atoms with E-state index in [1.54, 1.807) is 6.07 Å². The van der Waals surface area contributed by atoms with Gasteiger partial charge in [0.05, 0.1) is 5.69 Å². The summed E-state index contributed by atoms with van der Waals surface area (Å²) in [6.45, 7) is 3.63. The first-order valence-corrected chi connectivity index (χ1v) is 8.04. The number of imide groups is 1. The van der Waals surface area contributed by atoms with Crippen molar-refractivity contribution in [3.8, 4) is 0 Å². The second-order valence-corrected chi connectivity index (χ2v) is 6.58. The summed E-state index contributed by atoms with van der Waals surface area (Å²) in [5.41, 5.74) is 1.55. The fourth-order valence-electron chi connectivity index (χ4n) is 2.47. The Morgan fingerprint density at radius 3 is 2.38 bits per heavy atom. The molecule has 0 radical (unpaired) electrons. The number of aromatic nitrogens is 2. The van der Waals surface area contributed by atoms with Crippen LogP contribution in [-0.2, 0) is 9.59 Å². The Kier molecular flexibility index (Phi) is 4.31. The van der Waals surface area contributed by atoms with Crippen LogP contribution in [0.2, 0.25) is 0 Å². The van der Waals surface area contributed by atoms with Gasteiger partial charge in [-0.15, -0.1) is 0 Å². The number of thioether (sulfide) groups is 1. The van der Waals surface area contributed by atoms with E-state index in [4.69, 9.17) is 0 Å². The van der Waals surface area contributed by atoms with Crippen LogP contribution in [0, 0.1) is 25.5 Å². The van der Waals surface area contributed by atoms with Gasteiger partial charge in [0, 0.05) is 23.9 Å². The van der Waals surface area contributed by atoms with E-state index in [0.717, 1.165) is 40.2 Å². The van der Waals surface area contributed by atoms with Crippen molar-refractivity contribution >= 4 is 29.3 Å². The second-order valence-electron chi connectivity index (χ2n) is 5.41. The average molecular weight is 349 g/mol. The van der Waals surface area contributed by atoms with Gasteiger partial charge in [0.2, 0.25) is 11.8 Å². The van der Waals surface area contributed by atoms with Crippen LogP contribution in [0.5, 0.6) is 0 Å².